The van der Waals surface area contributed by atoms with E-state index in [0.29, 0.717) is 12.8 Å². The molecule has 0 saturated carbocycles. The zero-order valence-electron chi connectivity index (χ0n) is 14.9. The number of carboxylic acid groups (broad SMARTS) is 1. The van der Waals surface area contributed by atoms with E-state index in [4.69, 9.17) is 5.11 Å². The second-order valence-electron chi connectivity index (χ2n) is 6.21. The summed E-state index contributed by atoms with van der Waals surface area (Å²) < 4.78 is 39.7. The third-order valence-electron chi connectivity index (χ3n) is 4.48. The van der Waals surface area contributed by atoms with E-state index in [1.54, 1.807) is 13.8 Å². The molecule has 0 unspecified atom stereocenters. The van der Waals surface area contributed by atoms with Crippen molar-refractivity contribution < 1.29 is 27.9 Å². The number of carbonyl (C=O) groups excluding carboxylic acids is 1. The van der Waals surface area contributed by atoms with Crippen molar-refractivity contribution in [2.24, 2.45) is 0 Å². The molecule has 2 rings (SSSR count). The largest absolute Gasteiger partial charge is 0.481 e. The van der Waals surface area contributed by atoms with E-state index in [-0.39, 0.29) is 17.8 Å². The summed E-state index contributed by atoms with van der Waals surface area (Å²) in [5, 5.41) is 15.8. The van der Waals surface area contributed by atoms with Crippen molar-refractivity contribution in [3.05, 3.63) is 47.8 Å². The molecule has 0 aliphatic heterocycles. The number of nitrogens with zero attached hydrogens (tertiary/aromatic N) is 2. The minimum Gasteiger partial charge on any atom is -0.481 e. The standard InChI is InChI=1S/C18H20F3N3O3/c1-3-17(4-2,11-15(25)26)22-16(27)14-8-9-24(23-14)13-7-5-6-12(10-13)18(19,20)21/h5-10H,3-4,11H2,1-2H3,(H,22,27)(H,25,26). The summed E-state index contributed by atoms with van der Waals surface area (Å²) >= 11 is 0. The summed E-state index contributed by atoms with van der Waals surface area (Å²) in [6, 6.07) is 5.94. The smallest absolute Gasteiger partial charge is 0.416 e. The van der Waals surface area contributed by atoms with Crippen LogP contribution in [0.1, 0.15) is 49.2 Å². The summed E-state index contributed by atoms with van der Waals surface area (Å²) in [7, 11) is 0. The molecule has 6 nitrogen and oxygen atoms in total. The number of benzene rings is 1. The second kappa shape index (κ2) is 7.81. The molecule has 1 amide bonds. The van der Waals surface area contributed by atoms with E-state index < -0.39 is 29.2 Å². The van der Waals surface area contributed by atoms with Crippen LogP contribution in [0.15, 0.2) is 36.5 Å². The number of aliphatic carboxylic acids is 1. The number of hydrogen-bond acceptors (Lipinski definition) is 3. The predicted octanol–water partition coefficient (Wildman–Crippen LogP) is 3.65. The van der Waals surface area contributed by atoms with E-state index in [0.717, 1.165) is 12.1 Å². The maximum Gasteiger partial charge on any atom is 0.416 e. The van der Waals surface area contributed by atoms with Crippen molar-refractivity contribution in [1.29, 1.82) is 0 Å². The monoisotopic (exact) mass is 383 g/mol. The molecule has 0 radical (unpaired) electrons. The molecule has 0 bridgehead atoms. The van der Waals surface area contributed by atoms with Crippen LogP contribution in [0.3, 0.4) is 0 Å². The number of rotatable bonds is 7. The lowest BCUT2D eigenvalue weighted by atomic mass is 9.89. The number of hydrogen-bond donors (Lipinski definition) is 2. The van der Waals surface area contributed by atoms with Crippen LogP contribution in [0.25, 0.3) is 5.69 Å². The Morgan fingerprint density at radius 3 is 2.41 bits per heavy atom. The second-order valence-corrected chi connectivity index (χ2v) is 6.21. The molecule has 9 heteroatoms. The van der Waals surface area contributed by atoms with Crippen LogP contribution in [0.5, 0.6) is 0 Å². The molecule has 2 aromatic rings. The Hall–Kier alpha value is -2.84. The molecule has 0 spiro atoms. The van der Waals surface area contributed by atoms with Gasteiger partial charge in [-0.05, 0) is 37.1 Å². The van der Waals surface area contributed by atoms with Crippen LogP contribution in [0, 0.1) is 0 Å². The van der Waals surface area contributed by atoms with Gasteiger partial charge in [-0.2, -0.15) is 18.3 Å². The highest BCUT2D eigenvalue weighted by atomic mass is 19.4. The molecule has 1 aromatic heterocycles. The number of aromatic nitrogens is 2. The first kappa shape index (κ1) is 20.5. The number of carboxylic acids is 1. The molecule has 0 atom stereocenters. The fourth-order valence-electron chi connectivity index (χ4n) is 2.73. The molecule has 1 heterocycles. The average Bonchev–Trinajstić information content (AvgIpc) is 3.10. The first-order chi connectivity index (χ1) is 12.6. The maximum absolute atomic E-state index is 12.8. The summed E-state index contributed by atoms with van der Waals surface area (Å²) in [6.45, 7) is 3.54. The fourth-order valence-corrected chi connectivity index (χ4v) is 2.73. The van der Waals surface area contributed by atoms with Crippen LogP contribution in [-0.4, -0.2) is 32.3 Å². The van der Waals surface area contributed by atoms with Gasteiger partial charge in [0.15, 0.2) is 5.69 Å². The molecular weight excluding hydrogens is 363 g/mol. The van der Waals surface area contributed by atoms with Crippen LogP contribution >= 0.6 is 0 Å². The number of nitrogens with one attached hydrogen (secondary N) is 1. The van der Waals surface area contributed by atoms with E-state index in [9.17, 15) is 22.8 Å². The van der Waals surface area contributed by atoms with Crippen molar-refractivity contribution in [1.82, 2.24) is 15.1 Å². The number of amides is 1. The Morgan fingerprint density at radius 2 is 1.85 bits per heavy atom. The highest BCUT2D eigenvalue weighted by Crippen LogP contribution is 2.30. The van der Waals surface area contributed by atoms with Crippen molar-refractivity contribution in [2.75, 3.05) is 0 Å². The normalized spacial score (nSPS) is 12.0. The van der Waals surface area contributed by atoms with Gasteiger partial charge in [0.1, 0.15) is 0 Å². The van der Waals surface area contributed by atoms with Crippen LogP contribution < -0.4 is 5.32 Å². The first-order valence-corrected chi connectivity index (χ1v) is 8.38. The van der Waals surface area contributed by atoms with Gasteiger partial charge in [-0.15, -0.1) is 0 Å². The highest BCUT2D eigenvalue weighted by molar-refractivity contribution is 5.93. The zero-order chi connectivity index (χ0) is 20.2. The Kier molecular flexibility index (Phi) is 5.92. The summed E-state index contributed by atoms with van der Waals surface area (Å²) in [4.78, 5) is 23.6. The molecule has 0 fully saturated rings. The van der Waals surface area contributed by atoms with Gasteiger partial charge < -0.3 is 10.4 Å². The van der Waals surface area contributed by atoms with Gasteiger partial charge >= 0.3 is 12.1 Å². The number of alkyl halides is 3. The van der Waals surface area contributed by atoms with Gasteiger partial charge in [-0.25, -0.2) is 4.68 Å². The third kappa shape index (κ3) is 4.87. The minimum absolute atomic E-state index is 0.0101. The van der Waals surface area contributed by atoms with Gasteiger partial charge in [-0.3, -0.25) is 9.59 Å². The van der Waals surface area contributed by atoms with Gasteiger partial charge in [0.05, 0.1) is 23.2 Å². The molecular formula is C18H20F3N3O3. The summed E-state index contributed by atoms with van der Waals surface area (Å²) in [5.41, 5.74) is -1.59. The molecule has 0 saturated heterocycles. The van der Waals surface area contributed by atoms with Crippen LogP contribution in [0.2, 0.25) is 0 Å². The minimum atomic E-state index is -4.48. The molecule has 1 aromatic carbocycles. The lowest BCUT2D eigenvalue weighted by Crippen LogP contribution is -2.49. The van der Waals surface area contributed by atoms with E-state index in [1.807, 2.05) is 0 Å². The molecule has 146 valence electrons. The topological polar surface area (TPSA) is 84.2 Å². The zero-order valence-corrected chi connectivity index (χ0v) is 14.9. The van der Waals surface area contributed by atoms with Crippen molar-refractivity contribution in [3.63, 3.8) is 0 Å². The molecule has 0 aliphatic rings. The van der Waals surface area contributed by atoms with E-state index in [2.05, 4.69) is 10.4 Å². The third-order valence-corrected chi connectivity index (χ3v) is 4.48. The van der Waals surface area contributed by atoms with Crippen molar-refractivity contribution in [3.8, 4) is 5.69 Å². The summed E-state index contributed by atoms with van der Waals surface area (Å²) in [6.07, 6.45) is -2.52. The Labute approximate surface area is 154 Å². The lowest BCUT2D eigenvalue weighted by Gasteiger charge is -2.31. The number of carbonyl (C=O) groups is 2. The first-order valence-electron chi connectivity index (χ1n) is 8.38. The quantitative estimate of drug-likeness (QED) is 0.764. The van der Waals surface area contributed by atoms with E-state index in [1.165, 1.54) is 29.1 Å². The maximum atomic E-state index is 12.8. The molecule has 0 aliphatic carbocycles. The number of halogens is 3. The highest BCUT2D eigenvalue weighted by Gasteiger charge is 2.32. The van der Waals surface area contributed by atoms with Crippen molar-refractivity contribution in [2.45, 2.75) is 44.8 Å². The Morgan fingerprint density at radius 1 is 1.19 bits per heavy atom. The predicted molar refractivity (Wildman–Crippen MR) is 91.6 cm³/mol. The SMILES string of the molecule is CCC(CC)(CC(=O)O)NC(=O)c1ccn(-c2cccc(C(F)(F)F)c2)n1. The Balaban J connectivity index is 2.24. The van der Waals surface area contributed by atoms with Gasteiger partial charge in [0, 0.05) is 6.20 Å². The van der Waals surface area contributed by atoms with Crippen LogP contribution in [-0.2, 0) is 11.0 Å². The summed E-state index contributed by atoms with van der Waals surface area (Å²) in [5.74, 6) is -1.61. The van der Waals surface area contributed by atoms with Crippen molar-refractivity contribution >= 4 is 11.9 Å². The van der Waals surface area contributed by atoms with Gasteiger partial charge in [0.25, 0.3) is 5.91 Å². The molecule has 2 N–H and O–H groups in total. The van der Waals surface area contributed by atoms with Crippen LogP contribution in [0.4, 0.5) is 13.2 Å². The van der Waals surface area contributed by atoms with Gasteiger partial charge in [0.2, 0.25) is 0 Å². The lowest BCUT2D eigenvalue weighted by molar-refractivity contribution is -0.139. The van der Waals surface area contributed by atoms with E-state index >= 15 is 0 Å². The fraction of sp³-hybridized carbons (Fsp3) is 0.389. The Bertz CT molecular complexity index is 826. The van der Waals surface area contributed by atoms with Gasteiger partial charge in [-0.1, -0.05) is 19.9 Å². The average molecular weight is 383 g/mol. The molecule has 27 heavy (non-hydrogen) atoms.